The van der Waals surface area contributed by atoms with Crippen molar-refractivity contribution in [1.82, 2.24) is 0 Å². The van der Waals surface area contributed by atoms with E-state index in [4.69, 9.17) is 16.3 Å². The van der Waals surface area contributed by atoms with Gasteiger partial charge in [0.15, 0.2) is 11.9 Å². The number of Topliss-reactive ketones (excluding diaryl/α,β-unsaturated/α-hetero) is 1. The first-order valence-corrected chi connectivity index (χ1v) is 6.29. The van der Waals surface area contributed by atoms with E-state index in [2.05, 4.69) is 6.58 Å². The van der Waals surface area contributed by atoms with Crippen molar-refractivity contribution in [3.63, 3.8) is 0 Å². The van der Waals surface area contributed by atoms with E-state index in [1.807, 2.05) is 24.3 Å². The Morgan fingerprint density at radius 1 is 1.05 bits per heavy atom. The fourth-order valence-corrected chi connectivity index (χ4v) is 2.28. The Kier molecular flexibility index (Phi) is 2.88. The molecule has 0 aromatic heterocycles. The van der Waals surface area contributed by atoms with Gasteiger partial charge >= 0.3 is 0 Å². The molecule has 0 aliphatic carbocycles. The van der Waals surface area contributed by atoms with Crippen LogP contribution in [-0.2, 0) is 0 Å². The maximum absolute atomic E-state index is 12.3. The quantitative estimate of drug-likeness (QED) is 0.726. The molecule has 19 heavy (non-hydrogen) atoms. The van der Waals surface area contributed by atoms with Crippen LogP contribution < -0.4 is 4.74 Å². The van der Waals surface area contributed by atoms with Crippen LogP contribution >= 0.6 is 11.6 Å². The molecule has 2 aromatic rings. The number of carbonyl (C=O) groups is 1. The first kappa shape index (κ1) is 12.0. The van der Waals surface area contributed by atoms with Crippen LogP contribution in [0.1, 0.15) is 22.0 Å². The Bertz CT molecular complexity index is 659. The Hall–Kier alpha value is -2.06. The van der Waals surface area contributed by atoms with Crippen LogP contribution in [0.4, 0.5) is 0 Å². The molecule has 0 radical (unpaired) electrons. The molecule has 3 rings (SSSR count). The number of para-hydroxylation sites is 1. The first-order chi connectivity index (χ1) is 9.16. The summed E-state index contributed by atoms with van der Waals surface area (Å²) in [5.41, 5.74) is 1.89. The molecule has 1 aliphatic rings. The van der Waals surface area contributed by atoms with Gasteiger partial charge in [0.1, 0.15) is 5.75 Å². The van der Waals surface area contributed by atoms with Gasteiger partial charge in [0.2, 0.25) is 0 Å². The topological polar surface area (TPSA) is 26.3 Å². The zero-order valence-electron chi connectivity index (χ0n) is 10.1. The lowest BCUT2D eigenvalue weighted by Crippen LogP contribution is -2.22. The van der Waals surface area contributed by atoms with E-state index in [0.29, 0.717) is 21.9 Å². The monoisotopic (exact) mass is 270 g/mol. The van der Waals surface area contributed by atoms with Crippen molar-refractivity contribution in [2.45, 2.75) is 6.10 Å². The summed E-state index contributed by atoms with van der Waals surface area (Å²) in [7, 11) is 0. The van der Waals surface area contributed by atoms with Crippen LogP contribution in [0, 0.1) is 0 Å². The van der Waals surface area contributed by atoms with E-state index < -0.39 is 6.10 Å². The Balaban J connectivity index is 2.04. The molecule has 0 N–H and O–H groups in total. The zero-order valence-corrected chi connectivity index (χ0v) is 10.9. The van der Waals surface area contributed by atoms with E-state index in [1.54, 1.807) is 24.3 Å². The molecular formula is C16H11ClO2. The van der Waals surface area contributed by atoms with Crippen LogP contribution in [-0.4, -0.2) is 5.78 Å². The number of benzene rings is 2. The highest BCUT2D eigenvalue weighted by atomic mass is 35.5. The third-order valence-electron chi connectivity index (χ3n) is 3.16. The van der Waals surface area contributed by atoms with Gasteiger partial charge in [0.25, 0.3) is 0 Å². The Morgan fingerprint density at radius 3 is 2.47 bits per heavy atom. The van der Waals surface area contributed by atoms with Crippen molar-refractivity contribution in [3.05, 3.63) is 76.8 Å². The van der Waals surface area contributed by atoms with Crippen molar-refractivity contribution >= 4 is 17.4 Å². The van der Waals surface area contributed by atoms with Crippen molar-refractivity contribution in [1.29, 1.82) is 0 Å². The molecule has 3 heteroatoms. The number of hydrogen-bond donors (Lipinski definition) is 0. The van der Waals surface area contributed by atoms with Crippen molar-refractivity contribution in [3.8, 4) is 5.75 Å². The van der Waals surface area contributed by atoms with Crippen LogP contribution in [0.5, 0.6) is 5.75 Å². The molecule has 0 amide bonds. The summed E-state index contributed by atoms with van der Waals surface area (Å²) in [6.45, 7) is 3.87. The van der Waals surface area contributed by atoms with E-state index in [0.717, 1.165) is 5.56 Å². The van der Waals surface area contributed by atoms with Crippen LogP contribution in [0.2, 0.25) is 5.02 Å². The van der Waals surface area contributed by atoms with Gasteiger partial charge in [-0.1, -0.05) is 42.4 Å². The number of carbonyl (C=O) groups excluding carboxylic acids is 1. The standard InChI is InChI=1S/C16H11ClO2/c1-10-15(18)13-4-2-3-5-14(13)19-16(10)11-6-8-12(17)9-7-11/h2-9,16H,1H2/t16-/m1/s1. The Morgan fingerprint density at radius 2 is 1.74 bits per heavy atom. The van der Waals surface area contributed by atoms with Gasteiger partial charge < -0.3 is 4.74 Å². The van der Waals surface area contributed by atoms with Crippen LogP contribution in [0.25, 0.3) is 0 Å². The lowest BCUT2D eigenvalue weighted by Gasteiger charge is -2.27. The van der Waals surface area contributed by atoms with Gasteiger partial charge in [-0.25, -0.2) is 0 Å². The smallest absolute Gasteiger partial charge is 0.196 e. The summed E-state index contributed by atoms with van der Waals surface area (Å²) in [5.74, 6) is 0.529. The average molecular weight is 271 g/mol. The van der Waals surface area contributed by atoms with Gasteiger partial charge in [0.05, 0.1) is 5.56 Å². The minimum atomic E-state index is -0.445. The second-order valence-corrected chi connectivity index (χ2v) is 4.84. The lowest BCUT2D eigenvalue weighted by atomic mass is 9.92. The summed E-state index contributed by atoms with van der Waals surface area (Å²) < 4.78 is 5.88. The second-order valence-electron chi connectivity index (χ2n) is 4.40. The molecule has 0 saturated heterocycles. The predicted molar refractivity (Wildman–Crippen MR) is 74.7 cm³/mol. The fourth-order valence-electron chi connectivity index (χ4n) is 2.15. The fraction of sp³-hybridized carbons (Fsp3) is 0.0625. The molecule has 2 nitrogen and oxygen atoms in total. The zero-order chi connectivity index (χ0) is 13.4. The maximum atomic E-state index is 12.3. The highest BCUT2D eigenvalue weighted by molar-refractivity contribution is 6.30. The molecule has 1 heterocycles. The summed E-state index contributed by atoms with van der Waals surface area (Å²) in [6.07, 6.45) is -0.445. The second kappa shape index (κ2) is 4.56. The number of fused-ring (bicyclic) bond motifs is 1. The minimum absolute atomic E-state index is 0.0678. The number of ether oxygens (including phenoxy) is 1. The third kappa shape index (κ3) is 2.04. The summed E-state index contributed by atoms with van der Waals surface area (Å²) in [4.78, 5) is 12.3. The first-order valence-electron chi connectivity index (χ1n) is 5.91. The maximum Gasteiger partial charge on any atom is 0.196 e. The molecule has 2 aromatic carbocycles. The SMILES string of the molecule is C=C1C(=O)c2ccccc2O[C@H]1c1ccc(Cl)cc1. The van der Waals surface area contributed by atoms with Crippen LogP contribution in [0.15, 0.2) is 60.7 Å². The molecule has 0 fully saturated rings. The van der Waals surface area contributed by atoms with Crippen molar-refractivity contribution in [2.75, 3.05) is 0 Å². The average Bonchev–Trinajstić information content (AvgIpc) is 2.44. The molecule has 0 saturated carbocycles. The minimum Gasteiger partial charge on any atom is -0.480 e. The normalized spacial score (nSPS) is 17.8. The summed E-state index contributed by atoms with van der Waals surface area (Å²) >= 11 is 5.87. The van der Waals surface area contributed by atoms with Crippen molar-refractivity contribution < 1.29 is 9.53 Å². The summed E-state index contributed by atoms with van der Waals surface area (Å²) in [5, 5.41) is 0.650. The highest BCUT2D eigenvalue weighted by Crippen LogP contribution is 2.37. The number of hydrogen-bond acceptors (Lipinski definition) is 2. The van der Waals surface area contributed by atoms with Crippen molar-refractivity contribution in [2.24, 2.45) is 0 Å². The van der Waals surface area contributed by atoms with E-state index >= 15 is 0 Å². The lowest BCUT2D eigenvalue weighted by molar-refractivity contribution is 0.0962. The van der Waals surface area contributed by atoms with Gasteiger partial charge in [0, 0.05) is 10.6 Å². The van der Waals surface area contributed by atoms with Gasteiger partial charge in [-0.2, -0.15) is 0 Å². The molecule has 0 bridgehead atoms. The Labute approximate surface area is 116 Å². The number of halogens is 1. The third-order valence-corrected chi connectivity index (χ3v) is 3.41. The summed E-state index contributed by atoms with van der Waals surface area (Å²) in [6, 6.07) is 14.5. The molecule has 0 unspecified atom stereocenters. The van der Waals surface area contributed by atoms with E-state index in [1.165, 1.54) is 0 Å². The van der Waals surface area contributed by atoms with Gasteiger partial charge in [-0.3, -0.25) is 4.79 Å². The molecular weight excluding hydrogens is 260 g/mol. The van der Waals surface area contributed by atoms with Gasteiger partial charge in [-0.15, -0.1) is 0 Å². The predicted octanol–water partition coefficient (Wildman–Crippen LogP) is 4.21. The molecule has 0 spiro atoms. The molecule has 94 valence electrons. The number of rotatable bonds is 1. The largest absolute Gasteiger partial charge is 0.480 e. The van der Waals surface area contributed by atoms with Crippen LogP contribution in [0.3, 0.4) is 0 Å². The highest BCUT2D eigenvalue weighted by Gasteiger charge is 2.31. The number of ketones is 1. The van der Waals surface area contributed by atoms with E-state index in [-0.39, 0.29) is 5.78 Å². The van der Waals surface area contributed by atoms with E-state index in [9.17, 15) is 4.79 Å². The molecule has 1 atom stereocenters. The molecule has 1 aliphatic heterocycles. The van der Waals surface area contributed by atoms with Gasteiger partial charge in [-0.05, 0) is 29.8 Å².